The highest BCUT2D eigenvalue weighted by atomic mass is 35.5. The SMILES string of the molecule is Cc1c(C(=O)C(=O)Nc2ccncc2)c2cc(Cl)ccc2n1Cc1ccc(Cl)cc1.Cc1c(C(=O)C(=O)Nc2ccncn2)c2cc(Cl)ccc2n1Cc1ccc(Cl)cc1. The van der Waals surface area contributed by atoms with Gasteiger partial charge in [-0.3, -0.25) is 24.2 Å². The van der Waals surface area contributed by atoms with Crippen LogP contribution in [-0.2, 0) is 22.7 Å². The van der Waals surface area contributed by atoms with E-state index in [-0.39, 0.29) is 5.82 Å². The summed E-state index contributed by atoms with van der Waals surface area (Å²) in [4.78, 5) is 63.1. The molecule has 0 saturated carbocycles. The first kappa shape index (κ1) is 41.8. The Hall–Kier alpha value is -6.37. The molecule has 2 N–H and O–H groups in total. The maximum absolute atomic E-state index is 13.1. The minimum atomic E-state index is -0.776. The molecule has 4 aromatic carbocycles. The second-order valence-corrected chi connectivity index (χ2v) is 15.3. The van der Waals surface area contributed by atoms with Gasteiger partial charge in [0.2, 0.25) is 0 Å². The highest BCUT2D eigenvalue weighted by Gasteiger charge is 2.27. The quantitative estimate of drug-likeness (QED) is 0.103. The lowest BCUT2D eigenvalue weighted by Crippen LogP contribution is -2.24. The summed E-state index contributed by atoms with van der Waals surface area (Å²) in [5.41, 5.74) is 6.19. The average molecular weight is 878 g/mol. The zero-order valence-electron chi connectivity index (χ0n) is 31.9. The molecule has 0 aliphatic rings. The Labute approximate surface area is 363 Å². The topological polar surface area (TPSA) is 141 Å². The van der Waals surface area contributed by atoms with E-state index in [1.807, 2.05) is 83.6 Å². The number of hydrogen-bond acceptors (Lipinski definition) is 7. The molecule has 0 fully saturated rings. The van der Waals surface area contributed by atoms with Crippen LogP contribution in [0.1, 0.15) is 43.2 Å². The monoisotopic (exact) mass is 875 g/mol. The molecule has 60 heavy (non-hydrogen) atoms. The fraction of sp³-hybridized carbons (Fsp3) is 0.0889. The van der Waals surface area contributed by atoms with E-state index >= 15 is 0 Å². The third-order valence-corrected chi connectivity index (χ3v) is 10.7. The van der Waals surface area contributed by atoms with Crippen LogP contribution in [0.15, 0.2) is 128 Å². The van der Waals surface area contributed by atoms with Gasteiger partial charge in [0.05, 0.1) is 11.1 Å². The third kappa shape index (κ3) is 9.25. The number of amides is 2. The van der Waals surface area contributed by atoms with Crippen LogP contribution < -0.4 is 10.6 Å². The smallest absolute Gasteiger partial charge is 0.298 e. The predicted molar refractivity (Wildman–Crippen MR) is 237 cm³/mol. The molecule has 8 aromatic rings. The van der Waals surface area contributed by atoms with Crippen molar-refractivity contribution < 1.29 is 19.2 Å². The van der Waals surface area contributed by atoms with E-state index in [4.69, 9.17) is 46.4 Å². The first-order valence-corrected chi connectivity index (χ1v) is 19.8. The number of anilines is 2. The van der Waals surface area contributed by atoms with Crippen LogP contribution in [0, 0.1) is 13.8 Å². The molecule has 0 saturated heterocycles. The summed E-state index contributed by atoms with van der Waals surface area (Å²) in [6, 6.07) is 30.4. The predicted octanol–water partition coefficient (Wildman–Crippen LogP) is 10.4. The van der Waals surface area contributed by atoms with Crippen LogP contribution in [0.4, 0.5) is 11.5 Å². The summed E-state index contributed by atoms with van der Waals surface area (Å²) in [7, 11) is 0. The number of nitrogens with one attached hydrogen (secondary N) is 2. The molecule has 4 heterocycles. The summed E-state index contributed by atoms with van der Waals surface area (Å²) >= 11 is 24.4. The van der Waals surface area contributed by atoms with Crippen LogP contribution in [0.2, 0.25) is 20.1 Å². The summed E-state index contributed by atoms with van der Waals surface area (Å²) < 4.78 is 3.99. The van der Waals surface area contributed by atoms with Gasteiger partial charge in [-0.2, -0.15) is 0 Å². The van der Waals surface area contributed by atoms with E-state index < -0.39 is 23.4 Å². The molecule has 0 radical (unpaired) electrons. The van der Waals surface area contributed by atoms with Crippen molar-refractivity contribution in [2.75, 3.05) is 10.6 Å². The zero-order chi connectivity index (χ0) is 42.5. The fourth-order valence-corrected chi connectivity index (χ4v) is 7.42. The standard InChI is InChI=1S/C23H17Cl2N3O2.C22H16Cl2N4O2/c1-14-21(22(29)23(30)27-18-8-10-26-11-9-18)19-12-17(25)6-7-20(19)28(14)13-15-2-4-16(24)5-3-15;1-13-20(21(29)22(30)27-19-8-9-25-12-26-19)17-10-16(24)6-7-18(17)28(13)11-14-2-4-15(23)5-3-14/h2-12H,13H2,1H3,(H,26,27,30);2-10,12H,11H2,1H3,(H,25,26,27,30). The summed E-state index contributed by atoms with van der Waals surface area (Å²) in [6.07, 6.45) is 5.87. The van der Waals surface area contributed by atoms with Gasteiger partial charge in [-0.25, -0.2) is 9.97 Å². The highest BCUT2D eigenvalue weighted by Crippen LogP contribution is 2.32. The van der Waals surface area contributed by atoms with Gasteiger partial charge in [0.1, 0.15) is 12.1 Å². The van der Waals surface area contributed by atoms with Gasteiger partial charge >= 0.3 is 0 Å². The van der Waals surface area contributed by atoms with Gasteiger partial charge in [-0.05, 0) is 104 Å². The first-order chi connectivity index (χ1) is 28.9. The van der Waals surface area contributed by atoms with E-state index in [9.17, 15) is 19.2 Å². The Kier molecular flexibility index (Phi) is 12.7. The number of benzene rings is 4. The van der Waals surface area contributed by atoms with Crippen molar-refractivity contribution in [3.63, 3.8) is 0 Å². The lowest BCUT2D eigenvalue weighted by Gasteiger charge is -2.09. The van der Waals surface area contributed by atoms with Gasteiger partial charge in [0.15, 0.2) is 0 Å². The second-order valence-electron chi connectivity index (χ2n) is 13.6. The van der Waals surface area contributed by atoms with Crippen molar-refractivity contribution >= 4 is 103 Å². The number of pyridine rings is 1. The molecule has 11 nitrogen and oxygen atoms in total. The average Bonchev–Trinajstić information content (AvgIpc) is 3.66. The number of carbonyl (C=O) groups excluding carboxylic acids is 4. The van der Waals surface area contributed by atoms with Crippen LogP contribution in [0.3, 0.4) is 0 Å². The minimum absolute atomic E-state index is 0.254. The fourth-order valence-electron chi connectivity index (χ4n) is 6.82. The van der Waals surface area contributed by atoms with Crippen molar-refractivity contribution in [1.82, 2.24) is 24.1 Å². The summed E-state index contributed by atoms with van der Waals surface area (Å²) in [5, 5.41) is 8.69. The molecule has 0 bridgehead atoms. The Balaban J connectivity index is 0.000000181. The Morgan fingerprint density at radius 3 is 1.42 bits per heavy atom. The van der Waals surface area contributed by atoms with E-state index in [1.165, 1.54) is 18.6 Å². The lowest BCUT2D eigenvalue weighted by atomic mass is 10.1. The molecule has 0 spiro atoms. The van der Waals surface area contributed by atoms with E-state index in [0.29, 0.717) is 72.2 Å². The van der Waals surface area contributed by atoms with Gasteiger partial charge in [-0.15, -0.1) is 0 Å². The van der Waals surface area contributed by atoms with Crippen LogP contribution in [0.5, 0.6) is 0 Å². The van der Waals surface area contributed by atoms with Gasteiger partial charge in [0.25, 0.3) is 23.4 Å². The second kappa shape index (κ2) is 18.3. The first-order valence-electron chi connectivity index (χ1n) is 18.3. The lowest BCUT2D eigenvalue weighted by molar-refractivity contribution is -0.113. The zero-order valence-corrected chi connectivity index (χ0v) is 34.9. The molecule has 8 rings (SSSR count). The number of halogens is 4. The Morgan fingerprint density at radius 1 is 0.533 bits per heavy atom. The van der Waals surface area contributed by atoms with Gasteiger partial charge in [0, 0.05) is 90.7 Å². The normalized spacial score (nSPS) is 10.9. The number of rotatable bonds is 10. The largest absolute Gasteiger partial charge is 0.340 e. The number of aromatic nitrogens is 5. The number of hydrogen-bond donors (Lipinski definition) is 2. The molecule has 0 unspecified atom stereocenters. The number of Topliss-reactive ketones (excluding diaryl/α,β-unsaturated/α-hetero) is 2. The van der Waals surface area contributed by atoms with Crippen molar-refractivity contribution in [2.45, 2.75) is 26.9 Å². The molecule has 2 amide bonds. The number of fused-ring (bicyclic) bond motifs is 2. The number of nitrogens with zero attached hydrogens (tertiary/aromatic N) is 5. The molecule has 300 valence electrons. The van der Waals surface area contributed by atoms with E-state index in [0.717, 1.165) is 22.2 Å². The molecular formula is C45H33Cl4N7O4. The van der Waals surface area contributed by atoms with Crippen LogP contribution >= 0.6 is 46.4 Å². The molecule has 0 aliphatic carbocycles. The molecule has 4 aromatic heterocycles. The maximum Gasteiger partial charge on any atom is 0.298 e. The Morgan fingerprint density at radius 2 is 0.967 bits per heavy atom. The van der Waals surface area contributed by atoms with Gasteiger partial charge in [-0.1, -0.05) is 70.7 Å². The van der Waals surface area contributed by atoms with Gasteiger partial charge < -0.3 is 19.8 Å². The summed E-state index contributed by atoms with van der Waals surface area (Å²) in [5.74, 6) is -2.51. The maximum atomic E-state index is 13.1. The summed E-state index contributed by atoms with van der Waals surface area (Å²) in [6.45, 7) is 4.69. The molecule has 0 aliphatic heterocycles. The van der Waals surface area contributed by atoms with Crippen molar-refractivity contribution in [3.8, 4) is 0 Å². The van der Waals surface area contributed by atoms with Crippen LogP contribution in [-0.4, -0.2) is 47.5 Å². The third-order valence-electron chi connectivity index (χ3n) is 9.71. The van der Waals surface area contributed by atoms with Crippen molar-refractivity contribution in [1.29, 1.82) is 0 Å². The number of carbonyl (C=O) groups is 4. The van der Waals surface area contributed by atoms with E-state index in [2.05, 4.69) is 25.6 Å². The number of ketones is 2. The van der Waals surface area contributed by atoms with Crippen LogP contribution in [0.25, 0.3) is 21.8 Å². The van der Waals surface area contributed by atoms with Crippen molar-refractivity contribution in [2.24, 2.45) is 0 Å². The molecule has 15 heteroatoms. The molecule has 0 atom stereocenters. The minimum Gasteiger partial charge on any atom is -0.340 e. The highest BCUT2D eigenvalue weighted by molar-refractivity contribution is 6.49. The van der Waals surface area contributed by atoms with E-state index in [1.54, 1.807) is 48.8 Å². The molecular weight excluding hydrogens is 844 g/mol. The van der Waals surface area contributed by atoms with Crippen molar-refractivity contribution in [3.05, 3.63) is 182 Å². The Bertz CT molecular complexity index is 2700.